The lowest BCUT2D eigenvalue weighted by Crippen LogP contribution is -2.52. The summed E-state index contributed by atoms with van der Waals surface area (Å²) in [5.41, 5.74) is 0.924. The molecule has 1 heterocycles. The van der Waals surface area contributed by atoms with Crippen LogP contribution in [0.1, 0.15) is 12.5 Å². The number of benzene rings is 1. The second-order valence-electron chi connectivity index (χ2n) is 4.77. The van der Waals surface area contributed by atoms with Crippen molar-refractivity contribution in [2.24, 2.45) is 0 Å². The van der Waals surface area contributed by atoms with Gasteiger partial charge < -0.3 is 15.0 Å². The van der Waals surface area contributed by atoms with Crippen molar-refractivity contribution < 1.29 is 9.53 Å². The third-order valence-corrected chi connectivity index (χ3v) is 3.90. The monoisotopic (exact) mass is 326 g/mol. The number of amides is 1. The number of ether oxygens (including phenoxy) is 1. The summed E-state index contributed by atoms with van der Waals surface area (Å²) in [6.45, 7) is 4.57. The van der Waals surface area contributed by atoms with Crippen LogP contribution in [0.5, 0.6) is 5.75 Å². The van der Waals surface area contributed by atoms with Crippen molar-refractivity contribution in [1.82, 2.24) is 10.2 Å². The minimum atomic E-state index is 0.158. The predicted octanol–water partition coefficient (Wildman–Crippen LogP) is 1.82. The van der Waals surface area contributed by atoms with Crippen LogP contribution < -0.4 is 10.1 Å². The van der Waals surface area contributed by atoms with Crippen LogP contribution in [-0.4, -0.2) is 43.6 Å². The molecule has 0 saturated carbocycles. The molecular formula is C14H19BrN2O2. The Morgan fingerprint density at radius 1 is 1.58 bits per heavy atom. The number of nitrogens with zero attached hydrogens (tertiary/aromatic N) is 1. The van der Waals surface area contributed by atoms with Gasteiger partial charge in [0.15, 0.2) is 0 Å². The van der Waals surface area contributed by atoms with Crippen molar-refractivity contribution in [2.45, 2.75) is 19.4 Å². The van der Waals surface area contributed by atoms with E-state index in [1.54, 1.807) is 7.11 Å². The molecule has 1 aliphatic rings. The van der Waals surface area contributed by atoms with Gasteiger partial charge in [0.2, 0.25) is 5.91 Å². The number of nitrogens with one attached hydrogen (secondary N) is 1. The topological polar surface area (TPSA) is 41.6 Å². The highest BCUT2D eigenvalue weighted by molar-refractivity contribution is 9.10. The Labute approximate surface area is 122 Å². The van der Waals surface area contributed by atoms with E-state index in [0.717, 1.165) is 35.4 Å². The normalized spacial score (nSPS) is 19.3. The molecule has 0 aromatic heterocycles. The quantitative estimate of drug-likeness (QED) is 0.921. The van der Waals surface area contributed by atoms with E-state index in [9.17, 15) is 4.79 Å². The zero-order valence-electron chi connectivity index (χ0n) is 11.3. The maximum atomic E-state index is 12.4. The molecule has 1 saturated heterocycles. The van der Waals surface area contributed by atoms with Gasteiger partial charge in [0, 0.05) is 35.7 Å². The number of methoxy groups -OCH3 is 1. The largest absolute Gasteiger partial charge is 0.496 e. The van der Waals surface area contributed by atoms with Gasteiger partial charge in [-0.2, -0.15) is 0 Å². The number of rotatable bonds is 3. The van der Waals surface area contributed by atoms with Gasteiger partial charge in [0.25, 0.3) is 0 Å². The summed E-state index contributed by atoms with van der Waals surface area (Å²) in [5, 5.41) is 3.29. The predicted molar refractivity (Wildman–Crippen MR) is 78.4 cm³/mol. The van der Waals surface area contributed by atoms with Gasteiger partial charge in [0.05, 0.1) is 13.5 Å². The minimum Gasteiger partial charge on any atom is -0.496 e. The lowest BCUT2D eigenvalue weighted by molar-refractivity contribution is -0.133. The highest BCUT2D eigenvalue weighted by atomic mass is 79.9. The van der Waals surface area contributed by atoms with Gasteiger partial charge in [-0.15, -0.1) is 0 Å². The Bertz CT molecular complexity index is 465. The molecule has 104 valence electrons. The zero-order chi connectivity index (χ0) is 13.8. The molecular weight excluding hydrogens is 308 g/mol. The van der Waals surface area contributed by atoms with E-state index in [2.05, 4.69) is 28.2 Å². The third kappa shape index (κ3) is 3.48. The van der Waals surface area contributed by atoms with Crippen molar-refractivity contribution >= 4 is 21.8 Å². The fraction of sp³-hybridized carbons (Fsp3) is 0.500. The molecule has 2 rings (SSSR count). The van der Waals surface area contributed by atoms with Gasteiger partial charge in [-0.3, -0.25) is 4.79 Å². The molecule has 1 aliphatic heterocycles. The Hall–Kier alpha value is -1.07. The SMILES string of the molecule is COc1ccc(Br)cc1CC(=O)N1CCNCC1C. The maximum absolute atomic E-state index is 12.4. The number of halogens is 1. The summed E-state index contributed by atoms with van der Waals surface area (Å²) >= 11 is 3.43. The maximum Gasteiger partial charge on any atom is 0.227 e. The van der Waals surface area contributed by atoms with Crippen LogP contribution in [0.4, 0.5) is 0 Å². The first-order chi connectivity index (χ1) is 9.11. The zero-order valence-corrected chi connectivity index (χ0v) is 12.9. The van der Waals surface area contributed by atoms with Crippen molar-refractivity contribution in [3.63, 3.8) is 0 Å². The van der Waals surface area contributed by atoms with Crippen LogP contribution in [-0.2, 0) is 11.2 Å². The minimum absolute atomic E-state index is 0.158. The van der Waals surface area contributed by atoms with Crippen molar-refractivity contribution in [2.75, 3.05) is 26.7 Å². The smallest absolute Gasteiger partial charge is 0.227 e. The Kier molecular flexibility index (Phi) is 4.82. The third-order valence-electron chi connectivity index (χ3n) is 3.41. The number of piperazine rings is 1. The average molecular weight is 327 g/mol. The Balaban J connectivity index is 2.11. The number of carbonyl (C=O) groups excluding carboxylic acids is 1. The fourth-order valence-electron chi connectivity index (χ4n) is 2.36. The summed E-state index contributed by atoms with van der Waals surface area (Å²) < 4.78 is 6.27. The van der Waals surface area contributed by atoms with Crippen LogP contribution in [0, 0.1) is 0 Å². The molecule has 1 N–H and O–H groups in total. The lowest BCUT2D eigenvalue weighted by Gasteiger charge is -2.34. The molecule has 0 radical (unpaired) electrons. The number of carbonyl (C=O) groups is 1. The standard InChI is InChI=1S/C14H19BrN2O2/c1-10-9-16-5-6-17(10)14(18)8-11-7-12(15)3-4-13(11)19-2/h3-4,7,10,16H,5-6,8-9H2,1-2H3. The van der Waals surface area contributed by atoms with Crippen LogP contribution >= 0.6 is 15.9 Å². The van der Waals surface area contributed by atoms with E-state index < -0.39 is 0 Å². The van der Waals surface area contributed by atoms with Crippen molar-refractivity contribution in [3.8, 4) is 5.75 Å². The number of hydrogen-bond acceptors (Lipinski definition) is 3. The Morgan fingerprint density at radius 3 is 3.05 bits per heavy atom. The molecule has 1 unspecified atom stereocenters. The van der Waals surface area contributed by atoms with E-state index >= 15 is 0 Å². The molecule has 5 heteroatoms. The van der Waals surface area contributed by atoms with Crippen molar-refractivity contribution in [1.29, 1.82) is 0 Å². The van der Waals surface area contributed by atoms with Gasteiger partial charge in [-0.25, -0.2) is 0 Å². The molecule has 1 fully saturated rings. The molecule has 4 nitrogen and oxygen atoms in total. The van der Waals surface area contributed by atoms with Crippen LogP contribution in [0.25, 0.3) is 0 Å². The molecule has 1 amide bonds. The molecule has 1 aromatic carbocycles. The van der Waals surface area contributed by atoms with E-state index in [-0.39, 0.29) is 11.9 Å². The first kappa shape index (κ1) is 14.3. The average Bonchev–Trinajstić information content (AvgIpc) is 2.39. The molecule has 0 bridgehead atoms. The number of hydrogen-bond donors (Lipinski definition) is 1. The summed E-state index contributed by atoms with van der Waals surface area (Å²) in [7, 11) is 1.63. The van der Waals surface area contributed by atoms with Gasteiger partial charge in [-0.05, 0) is 25.1 Å². The molecule has 19 heavy (non-hydrogen) atoms. The molecule has 0 spiro atoms. The first-order valence-corrected chi connectivity index (χ1v) is 7.23. The van der Waals surface area contributed by atoms with E-state index in [4.69, 9.17) is 4.74 Å². The van der Waals surface area contributed by atoms with Gasteiger partial charge >= 0.3 is 0 Å². The summed E-state index contributed by atoms with van der Waals surface area (Å²) in [6.07, 6.45) is 0.382. The van der Waals surface area contributed by atoms with Crippen LogP contribution in [0.15, 0.2) is 22.7 Å². The molecule has 1 atom stereocenters. The van der Waals surface area contributed by atoms with E-state index in [1.165, 1.54) is 0 Å². The lowest BCUT2D eigenvalue weighted by atomic mass is 10.1. The van der Waals surface area contributed by atoms with Gasteiger partial charge in [0.1, 0.15) is 5.75 Å². The van der Waals surface area contributed by atoms with Crippen LogP contribution in [0.2, 0.25) is 0 Å². The van der Waals surface area contributed by atoms with Crippen molar-refractivity contribution in [3.05, 3.63) is 28.2 Å². The summed E-state index contributed by atoms with van der Waals surface area (Å²) in [4.78, 5) is 14.3. The Morgan fingerprint density at radius 2 is 2.37 bits per heavy atom. The summed E-state index contributed by atoms with van der Waals surface area (Å²) in [6, 6.07) is 6.00. The molecule has 1 aromatic rings. The van der Waals surface area contributed by atoms with E-state index in [1.807, 2.05) is 23.1 Å². The molecule has 0 aliphatic carbocycles. The highest BCUT2D eigenvalue weighted by Gasteiger charge is 2.23. The van der Waals surface area contributed by atoms with Crippen LogP contribution in [0.3, 0.4) is 0 Å². The van der Waals surface area contributed by atoms with E-state index in [0.29, 0.717) is 6.42 Å². The fourth-order valence-corrected chi connectivity index (χ4v) is 2.77. The highest BCUT2D eigenvalue weighted by Crippen LogP contribution is 2.24. The first-order valence-electron chi connectivity index (χ1n) is 6.44. The second kappa shape index (κ2) is 6.39. The van der Waals surface area contributed by atoms with Gasteiger partial charge in [-0.1, -0.05) is 15.9 Å². The second-order valence-corrected chi connectivity index (χ2v) is 5.69. The summed E-state index contributed by atoms with van der Waals surface area (Å²) in [5.74, 6) is 0.921.